The van der Waals surface area contributed by atoms with Gasteiger partial charge in [-0.2, -0.15) is 11.3 Å². The fraction of sp³-hybridized carbons (Fsp3) is 0.375. The predicted molar refractivity (Wildman–Crippen MR) is 88.8 cm³/mol. The van der Waals surface area contributed by atoms with Crippen molar-refractivity contribution in [3.63, 3.8) is 0 Å². The molecule has 108 valence electrons. The van der Waals surface area contributed by atoms with Crippen molar-refractivity contribution in [1.29, 1.82) is 0 Å². The van der Waals surface area contributed by atoms with Crippen LogP contribution in [0.3, 0.4) is 0 Å². The Morgan fingerprint density at radius 3 is 3.00 bits per heavy atom. The monoisotopic (exact) mass is 307 g/mol. The highest BCUT2D eigenvalue weighted by Gasteiger charge is 1.99. The second kappa shape index (κ2) is 9.19. The van der Waals surface area contributed by atoms with Crippen LogP contribution in [-0.4, -0.2) is 26.0 Å². The summed E-state index contributed by atoms with van der Waals surface area (Å²) in [6.45, 7) is 2.56. The quantitative estimate of drug-likeness (QED) is 0.562. The molecule has 1 N–H and O–H groups in total. The maximum Gasteiger partial charge on any atom is 0.0587 e. The summed E-state index contributed by atoms with van der Waals surface area (Å²) >= 11 is 3.70. The third-order valence-corrected chi connectivity index (χ3v) is 4.68. The Morgan fingerprint density at radius 1 is 1.25 bits per heavy atom. The van der Waals surface area contributed by atoms with Gasteiger partial charge in [0.1, 0.15) is 0 Å². The van der Waals surface area contributed by atoms with Crippen LogP contribution in [0.5, 0.6) is 0 Å². The van der Waals surface area contributed by atoms with Crippen molar-refractivity contribution in [2.45, 2.75) is 17.9 Å². The van der Waals surface area contributed by atoms with Gasteiger partial charge in [0.05, 0.1) is 6.61 Å². The molecule has 4 heteroatoms. The highest BCUT2D eigenvalue weighted by atomic mass is 32.2. The van der Waals surface area contributed by atoms with Crippen LogP contribution in [0.25, 0.3) is 0 Å². The maximum absolute atomic E-state index is 5.03. The van der Waals surface area contributed by atoms with E-state index < -0.39 is 0 Å². The van der Waals surface area contributed by atoms with E-state index in [9.17, 15) is 0 Å². The molecule has 0 fully saturated rings. The molecule has 1 heterocycles. The Labute approximate surface area is 129 Å². The van der Waals surface area contributed by atoms with E-state index in [0.29, 0.717) is 0 Å². The van der Waals surface area contributed by atoms with Crippen molar-refractivity contribution < 1.29 is 4.74 Å². The Hall–Kier alpha value is -0.810. The first-order valence-corrected chi connectivity index (χ1v) is 8.74. The van der Waals surface area contributed by atoms with Crippen LogP contribution in [-0.2, 0) is 17.7 Å². The van der Waals surface area contributed by atoms with Crippen molar-refractivity contribution in [2.75, 3.05) is 26.0 Å². The molecule has 2 nitrogen and oxygen atoms in total. The largest absolute Gasteiger partial charge is 0.383 e. The van der Waals surface area contributed by atoms with Gasteiger partial charge < -0.3 is 10.1 Å². The number of hydrogen-bond donors (Lipinski definition) is 1. The normalized spacial score (nSPS) is 10.8. The molecule has 0 spiro atoms. The summed E-state index contributed by atoms with van der Waals surface area (Å²) in [5.41, 5.74) is 2.78. The Bertz CT molecular complexity index is 485. The summed E-state index contributed by atoms with van der Waals surface area (Å²) in [4.78, 5) is 1.35. The lowest BCUT2D eigenvalue weighted by molar-refractivity contribution is 0.199. The molecule has 1 aromatic heterocycles. The zero-order valence-electron chi connectivity index (χ0n) is 11.8. The molecular weight excluding hydrogens is 286 g/mol. The lowest BCUT2D eigenvalue weighted by Crippen LogP contribution is -2.18. The molecule has 0 amide bonds. The van der Waals surface area contributed by atoms with Crippen molar-refractivity contribution >= 4 is 23.1 Å². The van der Waals surface area contributed by atoms with Crippen LogP contribution in [0, 0.1) is 0 Å². The summed E-state index contributed by atoms with van der Waals surface area (Å²) in [7, 11) is 1.73. The van der Waals surface area contributed by atoms with Gasteiger partial charge in [-0.3, -0.25) is 0 Å². The first-order valence-electron chi connectivity index (χ1n) is 6.81. The molecule has 0 aliphatic rings. The number of rotatable bonds is 9. The Morgan fingerprint density at radius 2 is 2.20 bits per heavy atom. The van der Waals surface area contributed by atoms with E-state index in [2.05, 4.69) is 46.4 Å². The van der Waals surface area contributed by atoms with Crippen molar-refractivity contribution in [3.8, 4) is 0 Å². The zero-order chi connectivity index (χ0) is 14.0. The van der Waals surface area contributed by atoms with Crippen LogP contribution in [0.4, 0.5) is 0 Å². The third kappa shape index (κ3) is 5.67. The fourth-order valence-electron chi connectivity index (χ4n) is 1.87. The summed E-state index contributed by atoms with van der Waals surface area (Å²) in [5, 5.41) is 7.75. The minimum absolute atomic E-state index is 0.759. The summed E-state index contributed by atoms with van der Waals surface area (Å²) in [5.74, 6) is 1.14. The Kier molecular flexibility index (Phi) is 7.15. The van der Waals surface area contributed by atoms with Gasteiger partial charge in [0, 0.05) is 30.8 Å². The van der Waals surface area contributed by atoms with E-state index in [1.54, 1.807) is 18.4 Å². The van der Waals surface area contributed by atoms with Gasteiger partial charge in [0.25, 0.3) is 0 Å². The van der Waals surface area contributed by atoms with Gasteiger partial charge >= 0.3 is 0 Å². The molecule has 0 atom stereocenters. The molecule has 0 aliphatic heterocycles. The zero-order valence-corrected chi connectivity index (χ0v) is 13.4. The highest BCUT2D eigenvalue weighted by Crippen LogP contribution is 2.21. The van der Waals surface area contributed by atoms with Crippen LogP contribution in [0.2, 0.25) is 0 Å². The summed E-state index contributed by atoms with van der Waals surface area (Å²) in [6.07, 6.45) is 1.14. The smallest absolute Gasteiger partial charge is 0.0587 e. The van der Waals surface area contributed by atoms with Gasteiger partial charge in [0.2, 0.25) is 0 Å². The molecular formula is C16H21NOS2. The van der Waals surface area contributed by atoms with E-state index in [-0.39, 0.29) is 0 Å². The molecule has 20 heavy (non-hydrogen) atoms. The predicted octanol–water partition coefficient (Wildman–Crippen LogP) is 3.82. The number of aryl methyl sites for hydroxylation is 1. The molecule has 0 bridgehead atoms. The van der Waals surface area contributed by atoms with Crippen LogP contribution in [0.1, 0.15) is 11.1 Å². The molecule has 0 radical (unpaired) electrons. The molecule has 2 aromatic rings. The number of thiophene rings is 1. The number of benzene rings is 1. The van der Waals surface area contributed by atoms with Crippen LogP contribution < -0.4 is 5.32 Å². The molecule has 0 saturated heterocycles. The maximum atomic E-state index is 5.03. The number of nitrogens with one attached hydrogen (secondary N) is 1. The van der Waals surface area contributed by atoms with E-state index in [1.807, 2.05) is 11.8 Å². The lowest BCUT2D eigenvalue weighted by atomic mass is 10.2. The molecule has 0 unspecified atom stereocenters. The SMILES string of the molecule is COCCNCc1cccc(SCCc2ccsc2)c1. The van der Waals surface area contributed by atoms with Gasteiger partial charge in [-0.1, -0.05) is 12.1 Å². The molecule has 2 rings (SSSR count). The van der Waals surface area contributed by atoms with Gasteiger partial charge in [0.15, 0.2) is 0 Å². The number of hydrogen-bond acceptors (Lipinski definition) is 4. The fourth-order valence-corrected chi connectivity index (χ4v) is 3.56. The van der Waals surface area contributed by atoms with Crippen molar-refractivity contribution in [2.24, 2.45) is 0 Å². The standard InChI is InChI=1S/C16H21NOS2/c1-18-8-7-17-12-15-3-2-4-16(11-15)20-10-6-14-5-9-19-13-14/h2-5,9,11,13,17H,6-8,10,12H2,1H3. The second-order valence-corrected chi connectivity index (χ2v) is 6.50. The second-order valence-electron chi connectivity index (χ2n) is 4.55. The van der Waals surface area contributed by atoms with Crippen LogP contribution >= 0.6 is 23.1 Å². The van der Waals surface area contributed by atoms with Gasteiger partial charge in [-0.25, -0.2) is 0 Å². The average Bonchev–Trinajstić information content (AvgIpc) is 2.97. The summed E-state index contributed by atoms with van der Waals surface area (Å²) in [6, 6.07) is 11.0. The number of thioether (sulfide) groups is 1. The highest BCUT2D eigenvalue weighted by molar-refractivity contribution is 7.99. The topological polar surface area (TPSA) is 21.3 Å². The summed E-state index contributed by atoms with van der Waals surface area (Å²) < 4.78 is 5.03. The Balaban J connectivity index is 1.74. The number of ether oxygens (including phenoxy) is 1. The third-order valence-electron chi connectivity index (χ3n) is 2.95. The van der Waals surface area contributed by atoms with Crippen molar-refractivity contribution in [3.05, 3.63) is 52.2 Å². The molecule has 0 aliphatic carbocycles. The van der Waals surface area contributed by atoms with E-state index >= 15 is 0 Å². The molecule has 0 saturated carbocycles. The van der Waals surface area contributed by atoms with E-state index in [0.717, 1.165) is 31.9 Å². The average molecular weight is 307 g/mol. The van der Waals surface area contributed by atoms with Gasteiger partial charge in [-0.05, 0) is 46.5 Å². The first kappa shape index (κ1) is 15.6. The minimum atomic E-state index is 0.759. The molecule has 1 aromatic carbocycles. The van der Waals surface area contributed by atoms with Crippen LogP contribution in [0.15, 0.2) is 46.0 Å². The lowest BCUT2D eigenvalue weighted by Gasteiger charge is -2.06. The number of methoxy groups -OCH3 is 1. The van der Waals surface area contributed by atoms with Crippen molar-refractivity contribution in [1.82, 2.24) is 5.32 Å². The minimum Gasteiger partial charge on any atom is -0.383 e. The van der Waals surface area contributed by atoms with E-state index in [1.165, 1.54) is 16.0 Å². The van der Waals surface area contributed by atoms with Gasteiger partial charge in [-0.15, -0.1) is 11.8 Å². The first-order chi connectivity index (χ1) is 9.88. The van der Waals surface area contributed by atoms with E-state index in [4.69, 9.17) is 4.74 Å².